The molecule has 3 fully saturated rings. The highest BCUT2D eigenvalue weighted by Gasteiger charge is 2.72. The maximum Gasteiger partial charge on any atom is 0.410 e. The third kappa shape index (κ3) is 4.12. The molecule has 1 saturated carbocycles. The number of hydrogen-bond acceptors (Lipinski definition) is 6. The van der Waals surface area contributed by atoms with E-state index in [2.05, 4.69) is 4.90 Å². The fraction of sp³-hybridized carbons (Fsp3) is 0.481. The van der Waals surface area contributed by atoms with Crippen molar-refractivity contribution in [2.24, 2.45) is 0 Å². The smallest absolute Gasteiger partial charge is 0.410 e. The molecule has 1 N–H and O–H groups in total. The third-order valence-electron chi connectivity index (χ3n) is 8.03. The highest BCUT2D eigenvalue weighted by Crippen LogP contribution is 2.56. The van der Waals surface area contributed by atoms with Gasteiger partial charge in [-0.3, -0.25) is 4.90 Å². The van der Waals surface area contributed by atoms with Crippen LogP contribution < -0.4 is 0 Å². The van der Waals surface area contributed by atoms with Gasteiger partial charge in [-0.1, -0.05) is 17.7 Å². The number of morpholine rings is 1. The van der Waals surface area contributed by atoms with Gasteiger partial charge >= 0.3 is 6.09 Å². The number of amides is 1. The Hall–Kier alpha value is -2.57. The van der Waals surface area contributed by atoms with Gasteiger partial charge in [0.25, 0.3) is 0 Å². The molecule has 2 aromatic carbocycles. The number of piperazine rings is 1. The molecular formula is C27H31F2N3O5S. The molecule has 0 aromatic heterocycles. The van der Waals surface area contributed by atoms with Gasteiger partial charge in [-0.15, -0.1) is 0 Å². The van der Waals surface area contributed by atoms with E-state index in [0.717, 1.165) is 11.6 Å². The number of rotatable bonds is 5. The molecular weight excluding hydrogens is 516 g/mol. The molecule has 204 valence electrons. The zero-order chi connectivity index (χ0) is 26.7. The van der Waals surface area contributed by atoms with Crippen LogP contribution in [0.15, 0.2) is 47.4 Å². The lowest BCUT2D eigenvalue weighted by Crippen LogP contribution is -2.55. The van der Waals surface area contributed by atoms with Gasteiger partial charge in [-0.2, -0.15) is 0 Å². The maximum absolute atomic E-state index is 15.1. The van der Waals surface area contributed by atoms with Gasteiger partial charge in [0, 0.05) is 50.1 Å². The number of aliphatic hydroxyl groups excluding tert-OH is 1. The molecule has 6 rings (SSSR count). The van der Waals surface area contributed by atoms with Crippen molar-refractivity contribution in [1.82, 2.24) is 14.1 Å². The molecule has 2 saturated heterocycles. The van der Waals surface area contributed by atoms with Crippen LogP contribution in [-0.2, 0) is 19.2 Å². The van der Waals surface area contributed by atoms with E-state index in [0.29, 0.717) is 54.5 Å². The monoisotopic (exact) mass is 547 g/mol. The average Bonchev–Trinajstić information content (AvgIpc) is 3.59. The van der Waals surface area contributed by atoms with Crippen molar-refractivity contribution in [3.8, 4) is 0 Å². The van der Waals surface area contributed by atoms with Gasteiger partial charge in [0.15, 0.2) is 5.60 Å². The second-order valence-electron chi connectivity index (χ2n) is 10.4. The van der Waals surface area contributed by atoms with Crippen molar-refractivity contribution in [1.29, 1.82) is 0 Å². The van der Waals surface area contributed by atoms with Gasteiger partial charge < -0.3 is 19.5 Å². The summed E-state index contributed by atoms with van der Waals surface area (Å²) in [6.07, 6.45) is -0.125. The Bertz CT molecular complexity index is 1350. The largest absolute Gasteiger partial charge is 0.435 e. The summed E-state index contributed by atoms with van der Waals surface area (Å²) >= 11 is 0. The number of aliphatic hydroxyl groups is 1. The van der Waals surface area contributed by atoms with E-state index in [1.54, 1.807) is 9.21 Å². The van der Waals surface area contributed by atoms with Crippen LogP contribution in [0.25, 0.3) is 0 Å². The van der Waals surface area contributed by atoms with Crippen LogP contribution in [0.2, 0.25) is 0 Å². The first-order chi connectivity index (χ1) is 18.3. The van der Waals surface area contributed by atoms with Crippen LogP contribution in [0.1, 0.15) is 23.6 Å². The highest BCUT2D eigenvalue weighted by atomic mass is 32.2. The van der Waals surface area contributed by atoms with Crippen LogP contribution in [0.4, 0.5) is 13.6 Å². The number of hydrogen-bond donors (Lipinski definition) is 1. The first kappa shape index (κ1) is 25.7. The van der Waals surface area contributed by atoms with Gasteiger partial charge in [0.2, 0.25) is 0 Å². The third-order valence-corrected chi connectivity index (χ3v) is 11.2. The summed E-state index contributed by atoms with van der Waals surface area (Å²) in [6.45, 7) is 5.03. The SMILES string of the molecule is Cc1ccc(S2(=O)=C3CC3(OC(=O)N3CCN(CCO)CC3)[C@H]3COC[C@@H](c4cc(F)cc(F)c4)N32)cc1. The van der Waals surface area contributed by atoms with Crippen molar-refractivity contribution in [3.05, 3.63) is 65.2 Å². The van der Waals surface area contributed by atoms with E-state index in [1.165, 1.54) is 12.1 Å². The fourth-order valence-electron chi connectivity index (χ4n) is 5.99. The molecule has 2 unspecified atom stereocenters. The first-order valence-electron chi connectivity index (χ1n) is 12.9. The number of fused-ring (bicyclic) bond motifs is 3. The first-order valence-corrected chi connectivity index (χ1v) is 14.4. The van der Waals surface area contributed by atoms with Gasteiger partial charge in [-0.25, -0.2) is 22.1 Å². The molecule has 2 aromatic rings. The summed E-state index contributed by atoms with van der Waals surface area (Å²) in [5, 5.41) is 9.19. The molecule has 4 aliphatic rings. The van der Waals surface area contributed by atoms with Crippen LogP contribution in [0.3, 0.4) is 0 Å². The minimum atomic E-state index is -3.04. The lowest BCUT2D eigenvalue weighted by atomic mass is 10.0. The zero-order valence-corrected chi connectivity index (χ0v) is 22.0. The number of nitrogens with zero attached hydrogens (tertiary/aromatic N) is 3. The Morgan fingerprint density at radius 3 is 2.45 bits per heavy atom. The molecule has 1 amide bonds. The molecule has 0 spiro atoms. The molecule has 1 aliphatic carbocycles. The van der Waals surface area contributed by atoms with Crippen LogP contribution in [0, 0.1) is 18.6 Å². The summed E-state index contributed by atoms with van der Waals surface area (Å²) in [5.74, 6) is -1.44. The Morgan fingerprint density at radius 1 is 1.11 bits per heavy atom. The van der Waals surface area contributed by atoms with E-state index < -0.39 is 45.1 Å². The lowest BCUT2D eigenvalue weighted by molar-refractivity contribution is -0.0605. The topological polar surface area (TPSA) is 82.6 Å². The van der Waals surface area contributed by atoms with Crippen LogP contribution in [-0.4, -0.2) is 98.6 Å². The van der Waals surface area contributed by atoms with Crippen molar-refractivity contribution >= 4 is 20.7 Å². The normalized spacial score (nSPS) is 31.2. The summed E-state index contributed by atoms with van der Waals surface area (Å²) < 4.78 is 57.4. The number of benzene rings is 2. The average molecular weight is 548 g/mol. The predicted octanol–water partition coefficient (Wildman–Crippen LogP) is 2.35. The van der Waals surface area contributed by atoms with E-state index in [1.807, 2.05) is 31.2 Å². The Balaban J connectivity index is 1.37. The van der Waals surface area contributed by atoms with E-state index in [-0.39, 0.29) is 19.8 Å². The van der Waals surface area contributed by atoms with Crippen molar-refractivity contribution in [2.45, 2.75) is 35.9 Å². The quantitative estimate of drug-likeness (QED) is 0.579. The predicted molar refractivity (Wildman–Crippen MR) is 137 cm³/mol. The minimum absolute atomic E-state index is 0.0626. The Morgan fingerprint density at radius 2 is 1.79 bits per heavy atom. The summed E-state index contributed by atoms with van der Waals surface area (Å²) in [5.41, 5.74) is 0.248. The number of halogens is 2. The van der Waals surface area contributed by atoms with Gasteiger partial charge in [0.1, 0.15) is 11.6 Å². The zero-order valence-electron chi connectivity index (χ0n) is 21.1. The lowest BCUT2D eigenvalue weighted by Gasteiger charge is -2.43. The molecule has 4 atom stereocenters. The Labute approximate surface area is 220 Å². The maximum atomic E-state index is 15.1. The van der Waals surface area contributed by atoms with Crippen LogP contribution >= 0.6 is 0 Å². The molecule has 3 aliphatic heterocycles. The number of β-amino-alcohol motifs (C(OH)–C–C–N with tert-alkyl or cyclic N) is 1. The van der Waals surface area contributed by atoms with E-state index in [4.69, 9.17) is 9.47 Å². The van der Waals surface area contributed by atoms with E-state index in [9.17, 15) is 18.7 Å². The molecule has 0 radical (unpaired) electrons. The number of carbonyl (C=O) groups is 1. The van der Waals surface area contributed by atoms with E-state index >= 15 is 4.21 Å². The van der Waals surface area contributed by atoms with Crippen molar-refractivity contribution in [3.63, 3.8) is 0 Å². The number of carbonyl (C=O) groups excluding carboxylic acids is 1. The second kappa shape index (κ2) is 9.56. The van der Waals surface area contributed by atoms with Crippen molar-refractivity contribution in [2.75, 3.05) is 52.5 Å². The molecule has 38 heavy (non-hydrogen) atoms. The summed E-state index contributed by atoms with van der Waals surface area (Å²) in [6, 6.07) is 9.45. The molecule has 0 bridgehead atoms. The molecule has 8 nitrogen and oxygen atoms in total. The highest BCUT2D eigenvalue weighted by molar-refractivity contribution is 8.01. The van der Waals surface area contributed by atoms with Gasteiger partial charge in [0.05, 0.1) is 46.5 Å². The number of ether oxygens (including phenoxy) is 2. The Kier molecular flexibility index (Phi) is 6.47. The van der Waals surface area contributed by atoms with Crippen molar-refractivity contribution < 1.29 is 32.4 Å². The number of aryl methyl sites for hydroxylation is 1. The second-order valence-corrected chi connectivity index (χ2v) is 12.8. The molecule has 11 heteroatoms. The van der Waals surface area contributed by atoms with Gasteiger partial charge in [-0.05, 0) is 36.8 Å². The van der Waals surface area contributed by atoms with Crippen LogP contribution in [0.5, 0.6) is 0 Å². The fourth-order valence-corrected chi connectivity index (χ4v) is 9.46. The minimum Gasteiger partial charge on any atom is -0.435 e. The summed E-state index contributed by atoms with van der Waals surface area (Å²) in [4.78, 5) is 18.3. The molecule has 3 heterocycles. The summed E-state index contributed by atoms with van der Waals surface area (Å²) in [7, 11) is -3.04. The standard InChI is InChI=1S/C27H31F2N3O5S/c1-18-2-4-22(5-3-18)38(35)25-15-27(25,37-26(34)31-8-6-30(7-9-31)10-11-33)24-17-36-16-23(32(24)38)19-12-20(28)14-21(29)13-19/h2-5,12-14,23-24,33H,6-11,15-17H2,1H3/t23-,24+,27?,38?/m0/s1.